The predicted octanol–water partition coefficient (Wildman–Crippen LogP) is 1.86. The smallest absolute Gasteiger partial charge is 0.406 e. The number of rotatable bonds is 7. The number of carboxylic acid groups (broad SMARTS) is 1. The molecular formula is C10H15F3N4O2S. The molecule has 1 heterocycles. The molecule has 114 valence electrons. The molecule has 0 radical (unpaired) electrons. The van der Waals surface area contributed by atoms with Gasteiger partial charge < -0.3 is 10.0 Å². The lowest BCUT2D eigenvalue weighted by Gasteiger charge is -2.23. The lowest BCUT2D eigenvalue weighted by Crippen LogP contribution is -2.36. The average molecular weight is 312 g/mol. The first-order valence-electron chi connectivity index (χ1n) is 5.88. The second-order valence-electron chi connectivity index (χ2n) is 3.84. The van der Waals surface area contributed by atoms with Crippen LogP contribution < -0.4 is 4.90 Å². The van der Waals surface area contributed by atoms with E-state index in [2.05, 4.69) is 10.2 Å². The number of alkyl halides is 3. The molecule has 1 N–H and O–H groups in total. The van der Waals surface area contributed by atoms with Crippen molar-refractivity contribution in [3.05, 3.63) is 0 Å². The number of hydrogen-bond donors (Lipinski definition) is 1. The number of carboxylic acids is 1. The first kappa shape index (κ1) is 16.6. The summed E-state index contributed by atoms with van der Waals surface area (Å²) in [6, 6.07) is 0. The fourth-order valence-corrected chi connectivity index (χ4v) is 2.28. The topological polar surface area (TPSA) is 71.2 Å². The van der Waals surface area contributed by atoms with Crippen LogP contribution in [0, 0.1) is 0 Å². The number of anilines is 1. The summed E-state index contributed by atoms with van der Waals surface area (Å²) in [5.74, 6) is -1.14. The Morgan fingerprint density at radius 2 is 2.05 bits per heavy atom. The average Bonchev–Trinajstić information content (AvgIpc) is 2.75. The van der Waals surface area contributed by atoms with Gasteiger partial charge in [-0.25, -0.2) is 0 Å². The zero-order chi connectivity index (χ0) is 15.3. The highest BCUT2D eigenvalue weighted by molar-refractivity contribution is 7.99. The lowest BCUT2D eigenvalue weighted by molar-refractivity contribution is -0.134. The molecule has 0 amide bonds. The number of aromatic nitrogens is 3. The van der Waals surface area contributed by atoms with E-state index in [-0.39, 0.29) is 18.2 Å². The van der Waals surface area contributed by atoms with Crippen molar-refractivity contribution in [2.45, 2.75) is 31.7 Å². The molecule has 6 nitrogen and oxygen atoms in total. The van der Waals surface area contributed by atoms with Crippen molar-refractivity contribution in [3.8, 4) is 0 Å². The first-order valence-corrected chi connectivity index (χ1v) is 6.86. The lowest BCUT2D eigenvalue weighted by atomic mass is 10.5. The maximum absolute atomic E-state index is 12.5. The fraction of sp³-hybridized carbons (Fsp3) is 0.700. The van der Waals surface area contributed by atoms with Gasteiger partial charge in [-0.15, -0.1) is 10.2 Å². The SMILES string of the molecule is CCN(CC(F)(F)F)c1nnc(SCC(=O)O)n1CC. The summed E-state index contributed by atoms with van der Waals surface area (Å²) in [4.78, 5) is 11.6. The summed E-state index contributed by atoms with van der Waals surface area (Å²) in [6.07, 6.45) is -4.34. The van der Waals surface area contributed by atoms with Crippen molar-refractivity contribution in [2.75, 3.05) is 23.7 Å². The maximum Gasteiger partial charge on any atom is 0.406 e. The number of carbonyl (C=O) groups is 1. The summed E-state index contributed by atoms with van der Waals surface area (Å²) in [5, 5.41) is 16.4. The molecular weight excluding hydrogens is 297 g/mol. The van der Waals surface area contributed by atoms with E-state index in [4.69, 9.17) is 5.11 Å². The van der Waals surface area contributed by atoms with E-state index in [1.807, 2.05) is 0 Å². The van der Waals surface area contributed by atoms with Crippen molar-refractivity contribution in [1.29, 1.82) is 0 Å². The van der Waals surface area contributed by atoms with Gasteiger partial charge in [-0.1, -0.05) is 11.8 Å². The summed E-state index contributed by atoms with van der Waals surface area (Å²) in [6.45, 7) is 2.69. The molecule has 0 spiro atoms. The van der Waals surface area contributed by atoms with Crippen LogP contribution in [-0.2, 0) is 11.3 Å². The molecule has 0 unspecified atom stereocenters. The first-order chi connectivity index (χ1) is 9.28. The minimum absolute atomic E-state index is 0.0974. The highest BCUT2D eigenvalue weighted by Crippen LogP contribution is 2.24. The van der Waals surface area contributed by atoms with Crippen LogP contribution in [0.25, 0.3) is 0 Å². The van der Waals surface area contributed by atoms with Gasteiger partial charge in [0, 0.05) is 13.1 Å². The van der Waals surface area contributed by atoms with Gasteiger partial charge in [0.25, 0.3) is 0 Å². The van der Waals surface area contributed by atoms with Crippen molar-refractivity contribution >= 4 is 23.7 Å². The molecule has 0 aromatic carbocycles. The van der Waals surface area contributed by atoms with Gasteiger partial charge in [-0.3, -0.25) is 9.36 Å². The molecule has 0 aliphatic heterocycles. The van der Waals surface area contributed by atoms with Crippen molar-refractivity contribution in [1.82, 2.24) is 14.8 Å². The summed E-state index contributed by atoms with van der Waals surface area (Å²) >= 11 is 0.928. The largest absolute Gasteiger partial charge is 0.481 e. The Hall–Kier alpha value is -1.45. The second kappa shape index (κ2) is 6.82. The molecule has 1 rings (SSSR count). The van der Waals surface area contributed by atoms with E-state index in [9.17, 15) is 18.0 Å². The number of halogens is 3. The Morgan fingerprint density at radius 3 is 2.50 bits per heavy atom. The zero-order valence-electron chi connectivity index (χ0n) is 11.0. The summed E-state index contributed by atoms with van der Waals surface area (Å²) in [5.41, 5.74) is 0. The molecule has 1 aromatic rings. The van der Waals surface area contributed by atoms with Crippen molar-refractivity contribution in [3.63, 3.8) is 0 Å². The van der Waals surface area contributed by atoms with Crippen LogP contribution in [0.2, 0.25) is 0 Å². The monoisotopic (exact) mass is 312 g/mol. The predicted molar refractivity (Wildman–Crippen MR) is 68.0 cm³/mol. The molecule has 0 bridgehead atoms. The summed E-state index contributed by atoms with van der Waals surface area (Å²) in [7, 11) is 0. The van der Waals surface area contributed by atoms with E-state index in [1.165, 1.54) is 4.57 Å². The molecule has 20 heavy (non-hydrogen) atoms. The molecule has 0 saturated heterocycles. The van der Waals surface area contributed by atoms with Crippen LogP contribution in [0.3, 0.4) is 0 Å². The van der Waals surface area contributed by atoms with E-state index in [0.29, 0.717) is 11.7 Å². The molecule has 10 heteroatoms. The van der Waals surface area contributed by atoms with Gasteiger partial charge in [0.2, 0.25) is 5.95 Å². The van der Waals surface area contributed by atoms with Gasteiger partial charge in [-0.05, 0) is 13.8 Å². The highest BCUT2D eigenvalue weighted by Gasteiger charge is 2.32. The fourth-order valence-electron chi connectivity index (χ4n) is 1.57. The molecule has 0 aliphatic carbocycles. The Labute approximate surface area is 118 Å². The van der Waals surface area contributed by atoms with Crippen LogP contribution in [-0.4, -0.2) is 50.9 Å². The normalized spacial score (nSPS) is 11.7. The summed E-state index contributed by atoms with van der Waals surface area (Å²) < 4.78 is 39.0. The number of aliphatic carboxylic acids is 1. The van der Waals surface area contributed by atoms with E-state index in [1.54, 1.807) is 13.8 Å². The van der Waals surface area contributed by atoms with Crippen molar-refractivity contribution in [2.24, 2.45) is 0 Å². The zero-order valence-corrected chi connectivity index (χ0v) is 11.8. The van der Waals surface area contributed by atoms with Gasteiger partial charge >= 0.3 is 12.1 Å². The third kappa shape index (κ3) is 4.58. The van der Waals surface area contributed by atoms with Crippen LogP contribution >= 0.6 is 11.8 Å². The van der Waals surface area contributed by atoms with E-state index < -0.39 is 18.7 Å². The van der Waals surface area contributed by atoms with Gasteiger partial charge in [0.15, 0.2) is 5.16 Å². The van der Waals surface area contributed by atoms with Crippen LogP contribution in [0.15, 0.2) is 5.16 Å². The Kier molecular flexibility index (Phi) is 5.66. The molecule has 0 fully saturated rings. The Balaban J connectivity index is 2.96. The van der Waals surface area contributed by atoms with Gasteiger partial charge in [0.05, 0.1) is 5.75 Å². The third-order valence-electron chi connectivity index (χ3n) is 2.37. The van der Waals surface area contributed by atoms with Crippen molar-refractivity contribution < 1.29 is 23.1 Å². The second-order valence-corrected chi connectivity index (χ2v) is 4.78. The third-order valence-corrected chi connectivity index (χ3v) is 3.32. The van der Waals surface area contributed by atoms with Gasteiger partial charge in [-0.2, -0.15) is 13.2 Å². The Bertz CT molecular complexity index is 464. The van der Waals surface area contributed by atoms with Crippen LogP contribution in [0.5, 0.6) is 0 Å². The van der Waals surface area contributed by atoms with E-state index >= 15 is 0 Å². The van der Waals surface area contributed by atoms with Crippen LogP contribution in [0.4, 0.5) is 19.1 Å². The Morgan fingerprint density at radius 1 is 1.40 bits per heavy atom. The standard InChI is InChI=1S/C10H15F3N4O2S/c1-3-16(6-10(11,12)13)8-14-15-9(17(8)4-2)20-5-7(18)19/h3-6H2,1-2H3,(H,18,19). The minimum Gasteiger partial charge on any atom is -0.481 e. The minimum atomic E-state index is -4.34. The highest BCUT2D eigenvalue weighted by atomic mass is 32.2. The molecule has 0 aliphatic rings. The van der Waals surface area contributed by atoms with Crippen LogP contribution in [0.1, 0.15) is 13.8 Å². The number of thioether (sulfide) groups is 1. The number of hydrogen-bond acceptors (Lipinski definition) is 5. The van der Waals surface area contributed by atoms with Gasteiger partial charge in [0.1, 0.15) is 6.54 Å². The molecule has 0 saturated carbocycles. The maximum atomic E-state index is 12.5. The number of nitrogens with zero attached hydrogens (tertiary/aromatic N) is 4. The molecule has 1 aromatic heterocycles. The quantitative estimate of drug-likeness (QED) is 0.775. The molecule has 0 atom stereocenters. The van der Waals surface area contributed by atoms with E-state index in [0.717, 1.165) is 16.7 Å².